The number of hydrogen-bond acceptors (Lipinski definition) is 5. The third-order valence-electron chi connectivity index (χ3n) is 3.21. The average Bonchev–Trinajstić information content (AvgIpc) is 2.63. The summed E-state index contributed by atoms with van der Waals surface area (Å²) in [6, 6.07) is 3.15. The molecule has 0 spiro atoms. The maximum atomic E-state index is 12.1. The smallest absolute Gasteiger partial charge is 0.340 e. The van der Waals surface area contributed by atoms with Gasteiger partial charge in [-0.25, -0.2) is 4.79 Å². The van der Waals surface area contributed by atoms with Gasteiger partial charge >= 0.3 is 5.97 Å². The van der Waals surface area contributed by atoms with E-state index in [0.717, 1.165) is 0 Å². The standard InChI is InChI=1S/C14H18ClN3O3/c1-2-21-14(20)10-7-9(16)8-11(15)13(10)18-5-3-12(19)17-4-6-18/h7-8H,2-6,16H2,1H3,(H,17,19). The first-order chi connectivity index (χ1) is 10.0. The number of amides is 1. The molecule has 0 aliphatic carbocycles. The second-order valence-electron chi connectivity index (χ2n) is 4.71. The fourth-order valence-electron chi connectivity index (χ4n) is 2.30. The zero-order valence-corrected chi connectivity index (χ0v) is 12.6. The Labute approximate surface area is 128 Å². The van der Waals surface area contributed by atoms with E-state index in [1.807, 2.05) is 4.90 Å². The lowest BCUT2D eigenvalue weighted by molar-refractivity contribution is -0.120. The van der Waals surface area contributed by atoms with E-state index >= 15 is 0 Å². The molecule has 1 aliphatic rings. The fraction of sp³-hybridized carbons (Fsp3) is 0.429. The Morgan fingerprint density at radius 2 is 2.24 bits per heavy atom. The van der Waals surface area contributed by atoms with E-state index in [2.05, 4.69) is 5.32 Å². The van der Waals surface area contributed by atoms with Crippen molar-refractivity contribution in [2.75, 3.05) is 36.9 Å². The maximum Gasteiger partial charge on any atom is 0.340 e. The van der Waals surface area contributed by atoms with Crippen molar-refractivity contribution in [3.05, 3.63) is 22.7 Å². The molecular formula is C14H18ClN3O3. The summed E-state index contributed by atoms with van der Waals surface area (Å²) in [6.45, 7) is 3.57. The minimum Gasteiger partial charge on any atom is -0.462 e. The number of nitrogen functional groups attached to an aromatic ring is 1. The summed E-state index contributed by atoms with van der Waals surface area (Å²) in [4.78, 5) is 25.5. The Hall–Kier alpha value is -1.95. The van der Waals surface area contributed by atoms with Crippen LogP contribution in [0.25, 0.3) is 0 Å². The van der Waals surface area contributed by atoms with Gasteiger partial charge in [0.05, 0.1) is 22.9 Å². The van der Waals surface area contributed by atoms with Gasteiger partial charge in [-0.2, -0.15) is 0 Å². The average molecular weight is 312 g/mol. The highest BCUT2D eigenvalue weighted by atomic mass is 35.5. The van der Waals surface area contributed by atoms with Crippen molar-refractivity contribution in [3.8, 4) is 0 Å². The summed E-state index contributed by atoms with van der Waals surface area (Å²) in [5.41, 5.74) is 7.07. The molecule has 0 radical (unpaired) electrons. The number of halogens is 1. The van der Waals surface area contributed by atoms with E-state index in [-0.39, 0.29) is 12.5 Å². The van der Waals surface area contributed by atoms with Crippen molar-refractivity contribution in [1.29, 1.82) is 0 Å². The second-order valence-corrected chi connectivity index (χ2v) is 5.11. The van der Waals surface area contributed by atoms with Crippen LogP contribution in [0.2, 0.25) is 5.02 Å². The van der Waals surface area contributed by atoms with Crippen LogP contribution >= 0.6 is 11.6 Å². The normalized spacial score (nSPS) is 15.3. The number of anilines is 2. The van der Waals surface area contributed by atoms with Gasteiger partial charge in [-0.05, 0) is 19.1 Å². The zero-order valence-electron chi connectivity index (χ0n) is 11.8. The van der Waals surface area contributed by atoms with Crippen molar-refractivity contribution in [1.82, 2.24) is 5.32 Å². The molecule has 6 nitrogen and oxygen atoms in total. The molecule has 3 N–H and O–H groups in total. The van der Waals surface area contributed by atoms with Gasteiger partial charge in [0.25, 0.3) is 0 Å². The SMILES string of the molecule is CCOC(=O)c1cc(N)cc(Cl)c1N1CCNC(=O)CC1. The monoisotopic (exact) mass is 311 g/mol. The molecule has 0 unspecified atom stereocenters. The van der Waals surface area contributed by atoms with Crippen molar-refractivity contribution in [2.45, 2.75) is 13.3 Å². The third kappa shape index (κ3) is 3.58. The van der Waals surface area contributed by atoms with Crippen molar-refractivity contribution < 1.29 is 14.3 Å². The number of esters is 1. The number of hydrogen-bond donors (Lipinski definition) is 2. The van der Waals surface area contributed by atoms with Gasteiger partial charge in [0.1, 0.15) is 0 Å². The number of carbonyl (C=O) groups is 2. The molecule has 1 saturated heterocycles. The first-order valence-electron chi connectivity index (χ1n) is 6.80. The van der Waals surface area contributed by atoms with Crippen LogP contribution in [0.4, 0.5) is 11.4 Å². The molecule has 0 aromatic heterocycles. The van der Waals surface area contributed by atoms with E-state index in [9.17, 15) is 9.59 Å². The third-order valence-corrected chi connectivity index (χ3v) is 3.50. The molecule has 114 valence electrons. The number of carbonyl (C=O) groups excluding carboxylic acids is 2. The fourth-order valence-corrected chi connectivity index (χ4v) is 2.64. The minimum absolute atomic E-state index is 0.0123. The quantitative estimate of drug-likeness (QED) is 0.651. The zero-order chi connectivity index (χ0) is 15.4. The molecule has 7 heteroatoms. The molecule has 0 saturated carbocycles. The molecule has 1 heterocycles. The Morgan fingerprint density at radius 3 is 2.95 bits per heavy atom. The lowest BCUT2D eigenvalue weighted by Gasteiger charge is -2.25. The lowest BCUT2D eigenvalue weighted by atomic mass is 10.1. The van der Waals surface area contributed by atoms with Gasteiger partial charge in [-0.1, -0.05) is 11.6 Å². The van der Waals surface area contributed by atoms with E-state index in [1.165, 1.54) is 0 Å². The number of ether oxygens (including phenoxy) is 1. The topological polar surface area (TPSA) is 84.7 Å². The maximum absolute atomic E-state index is 12.1. The van der Waals surface area contributed by atoms with E-state index in [0.29, 0.717) is 48.0 Å². The van der Waals surface area contributed by atoms with Gasteiger partial charge in [0, 0.05) is 31.7 Å². The molecule has 1 aromatic rings. The highest BCUT2D eigenvalue weighted by Crippen LogP contribution is 2.33. The molecule has 1 fully saturated rings. The molecule has 1 aromatic carbocycles. The van der Waals surface area contributed by atoms with Crippen LogP contribution in [0, 0.1) is 0 Å². The van der Waals surface area contributed by atoms with Crippen LogP contribution in [0.15, 0.2) is 12.1 Å². The summed E-state index contributed by atoms with van der Waals surface area (Å²) in [7, 11) is 0. The van der Waals surface area contributed by atoms with Gasteiger partial charge in [0.15, 0.2) is 0 Å². The first-order valence-corrected chi connectivity index (χ1v) is 7.18. The summed E-state index contributed by atoms with van der Waals surface area (Å²) in [5, 5.41) is 3.17. The van der Waals surface area contributed by atoms with Crippen molar-refractivity contribution in [3.63, 3.8) is 0 Å². The van der Waals surface area contributed by atoms with Gasteiger partial charge in [-0.3, -0.25) is 4.79 Å². The predicted molar refractivity (Wildman–Crippen MR) is 81.7 cm³/mol. The molecule has 21 heavy (non-hydrogen) atoms. The van der Waals surface area contributed by atoms with Crippen LogP contribution in [-0.2, 0) is 9.53 Å². The van der Waals surface area contributed by atoms with Crippen LogP contribution in [0.1, 0.15) is 23.7 Å². The van der Waals surface area contributed by atoms with E-state index in [4.69, 9.17) is 22.1 Å². The number of rotatable bonds is 3. The highest BCUT2D eigenvalue weighted by Gasteiger charge is 2.23. The summed E-state index contributed by atoms with van der Waals surface area (Å²) in [5.74, 6) is -0.480. The van der Waals surface area contributed by atoms with Crippen LogP contribution in [-0.4, -0.2) is 38.1 Å². The lowest BCUT2D eigenvalue weighted by Crippen LogP contribution is -2.30. The van der Waals surface area contributed by atoms with Crippen molar-refractivity contribution in [2.24, 2.45) is 0 Å². The minimum atomic E-state index is -0.467. The number of benzene rings is 1. The molecule has 2 rings (SSSR count). The summed E-state index contributed by atoms with van der Waals surface area (Å²) in [6.07, 6.45) is 0.350. The first kappa shape index (κ1) is 15.4. The van der Waals surface area contributed by atoms with Crippen LogP contribution in [0.5, 0.6) is 0 Å². The van der Waals surface area contributed by atoms with E-state index < -0.39 is 5.97 Å². The molecular weight excluding hydrogens is 294 g/mol. The van der Waals surface area contributed by atoms with Gasteiger partial charge in [-0.15, -0.1) is 0 Å². The van der Waals surface area contributed by atoms with Gasteiger partial charge in [0.2, 0.25) is 5.91 Å². The second kappa shape index (κ2) is 6.67. The number of nitrogens with two attached hydrogens (primary N) is 1. The van der Waals surface area contributed by atoms with Crippen LogP contribution < -0.4 is 16.0 Å². The van der Waals surface area contributed by atoms with E-state index in [1.54, 1.807) is 19.1 Å². The highest BCUT2D eigenvalue weighted by molar-refractivity contribution is 6.34. The van der Waals surface area contributed by atoms with Gasteiger partial charge < -0.3 is 20.7 Å². The molecule has 1 amide bonds. The van der Waals surface area contributed by atoms with Crippen LogP contribution in [0.3, 0.4) is 0 Å². The molecule has 0 atom stereocenters. The molecule has 0 bridgehead atoms. The Kier molecular flexibility index (Phi) is 4.90. The number of nitrogens with zero attached hydrogens (tertiary/aromatic N) is 1. The van der Waals surface area contributed by atoms with Crippen molar-refractivity contribution >= 4 is 34.9 Å². The number of nitrogens with one attached hydrogen (secondary N) is 1. The largest absolute Gasteiger partial charge is 0.462 e. The Balaban J connectivity index is 2.40. The summed E-state index contributed by atoms with van der Waals surface area (Å²) < 4.78 is 5.06. The summed E-state index contributed by atoms with van der Waals surface area (Å²) >= 11 is 6.27. The predicted octanol–water partition coefficient (Wildman–Crippen LogP) is 1.43. The Bertz CT molecular complexity index is 563. The Morgan fingerprint density at radius 1 is 1.48 bits per heavy atom. The molecule has 1 aliphatic heterocycles.